The molecule has 0 radical (unpaired) electrons. The first kappa shape index (κ1) is 16.7. The van der Waals surface area contributed by atoms with Crippen molar-refractivity contribution >= 4 is 11.6 Å². The van der Waals surface area contributed by atoms with Gasteiger partial charge in [-0.15, -0.1) is 0 Å². The van der Waals surface area contributed by atoms with Crippen LogP contribution < -0.4 is 4.74 Å². The molecule has 124 valence electrons. The third-order valence-electron chi connectivity index (χ3n) is 4.14. The highest BCUT2D eigenvalue weighted by Gasteiger charge is 2.21. The fourth-order valence-corrected chi connectivity index (χ4v) is 2.82. The Bertz CT molecular complexity index is 927. The van der Waals surface area contributed by atoms with Crippen molar-refractivity contribution in [1.82, 2.24) is 0 Å². The molecular weight excluding hydrogens is 312 g/mol. The molecule has 0 amide bonds. The van der Waals surface area contributed by atoms with Gasteiger partial charge in [0.2, 0.25) is 11.6 Å². The van der Waals surface area contributed by atoms with Crippen molar-refractivity contribution in [3.8, 4) is 16.9 Å². The lowest BCUT2D eigenvalue weighted by Crippen LogP contribution is -2.15. The summed E-state index contributed by atoms with van der Waals surface area (Å²) in [6, 6.07) is 21.5. The van der Waals surface area contributed by atoms with Crippen molar-refractivity contribution in [2.45, 2.75) is 6.92 Å². The number of benzene rings is 3. The van der Waals surface area contributed by atoms with E-state index < -0.39 is 11.6 Å². The van der Waals surface area contributed by atoms with Gasteiger partial charge in [-0.2, -0.15) is 0 Å². The molecule has 0 heterocycles. The van der Waals surface area contributed by atoms with E-state index in [0.717, 1.165) is 22.4 Å². The normalized spacial score (nSPS) is 10.3. The second-order valence-electron chi connectivity index (χ2n) is 5.75. The molecule has 0 saturated heterocycles. The third-order valence-corrected chi connectivity index (χ3v) is 4.14. The van der Waals surface area contributed by atoms with Crippen molar-refractivity contribution < 1.29 is 14.3 Å². The van der Waals surface area contributed by atoms with Gasteiger partial charge in [-0.1, -0.05) is 60.7 Å². The average Bonchev–Trinajstić information content (AvgIpc) is 2.67. The highest BCUT2D eigenvalue weighted by molar-refractivity contribution is 6.50. The van der Waals surface area contributed by atoms with Crippen LogP contribution in [-0.2, 0) is 0 Å². The smallest absolute Gasteiger partial charge is 0.234 e. The zero-order chi connectivity index (χ0) is 17.8. The minimum Gasteiger partial charge on any atom is -0.497 e. The first-order valence-corrected chi connectivity index (χ1v) is 8.00. The molecule has 3 nitrogen and oxygen atoms in total. The van der Waals surface area contributed by atoms with Crippen molar-refractivity contribution in [3.05, 3.63) is 89.5 Å². The Morgan fingerprint density at radius 2 is 1.44 bits per heavy atom. The molecule has 0 aromatic heterocycles. The number of aryl methyl sites for hydroxylation is 1. The van der Waals surface area contributed by atoms with E-state index in [2.05, 4.69) is 0 Å². The Balaban J connectivity index is 2.05. The van der Waals surface area contributed by atoms with Crippen LogP contribution in [0, 0.1) is 6.92 Å². The van der Waals surface area contributed by atoms with Crippen LogP contribution in [0.2, 0.25) is 0 Å². The molecule has 3 aromatic rings. The van der Waals surface area contributed by atoms with E-state index in [1.807, 2.05) is 43.3 Å². The van der Waals surface area contributed by atoms with E-state index in [1.165, 1.54) is 0 Å². The SMILES string of the molecule is COc1ccc(-c2ccccc2C(=O)C(=O)c2ccccc2)c(C)c1. The molecule has 25 heavy (non-hydrogen) atoms. The Hall–Kier alpha value is -3.20. The van der Waals surface area contributed by atoms with Gasteiger partial charge in [0.25, 0.3) is 0 Å². The molecule has 0 atom stereocenters. The molecule has 0 unspecified atom stereocenters. The van der Waals surface area contributed by atoms with Gasteiger partial charge in [0.05, 0.1) is 7.11 Å². The van der Waals surface area contributed by atoms with Crippen LogP contribution in [0.1, 0.15) is 26.3 Å². The zero-order valence-corrected chi connectivity index (χ0v) is 14.2. The maximum absolute atomic E-state index is 12.8. The predicted octanol–water partition coefficient (Wildman–Crippen LogP) is 4.74. The van der Waals surface area contributed by atoms with Gasteiger partial charge in [-0.05, 0) is 35.7 Å². The average molecular weight is 330 g/mol. The Labute approximate surface area is 146 Å². The van der Waals surface area contributed by atoms with Crippen molar-refractivity contribution in [2.75, 3.05) is 7.11 Å². The Kier molecular flexibility index (Phi) is 4.75. The van der Waals surface area contributed by atoms with E-state index in [9.17, 15) is 9.59 Å². The molecule has 0 saturated carbocycles. The summed E-state index contributed by atoms with van der Waals surface area (Å²) in [6.45, 7) is 1.96. The van der Waals surface area contributed by atoms with Crippen LogP contribution in [0.25, 0.3) is 11.1 Å². The number of hydrogen-bond acceptors (Lipinski definition) is 3. The molecule has 0 aliphatic carbocycles. The second kappa shape index (κ2) is 7.14. The lowest BCUT2D eigenvalue weighted by molar-refractivity contribution is 0.0817. The summed E-state index contributed by atoms with van der Waals surface area (Å²) in [5, 5.41) is 0. The number of carbonyl (C=O) groups is 2. The second-order valence-corrected chi connectivity index (χ2v) is 5.75. The Morgan fingerprint density at radius 3 is 2.12 bits per heavy atom. The summed E-state index contributed by atoms with van der Waals surface area (Å²) in [5.41, 5.74) is 3.44. The monoisotopic (exact) mass is 330 g/mol. The standard InChI is InChI=1S/C22H18O3/c1-15-14-17(25-2)12-13-18(15)19-10-6-7-11-20(19)22(24)21(23)16-8-4-3-5-9-16/h3-14H,1-2H3. The maximum Gasteiger partial charge on any atom is 0.234 e. The van der Waals surface area contributed by atoms with Gasteiger partial charge in [0, 0.05) is 11.1 Å². The number of carbonyl (C=O) groups excluding carboxylic acids is 2. The number of Topliss-reactive ketones (excluding diaryl/α,β-unsaturated/α-hetero) is 2. The van der Waals surface area contributed by atoms with Gasteiger partial charge < -0.3 is 4.74 Å². The molecule has 0 N–H and O–H groups in total. The largest absolute Gasteiger partial charge is 0.497 e. The van der Waals surface area contributed by atoms with Crippen molar-refractivity contribution in [3.63, 3.8) is 0 Å². The van der Waals surface area contributed by atoms with Crippen LogP contribution in [0.5, 0.6) is 5.75 Å². The van der Waals surface area contributed by atoms with Gasteiger partial charge >= 0.3 is 0 Å². The zero-order valence-electron chi connectivity index (χ0n) is 14.2. The van der Waals surface area contributed by atoms with Crippen LogP contribution in [-0.4, -0.2) is 18.7 Å². The first-order valence-electron chi connectivity index (χ1n) is 8.00. The van der Waals surface area contributed by atoms with E-state index >= 15 is 0 Å². The number of hydrogen-bond donors (Lipinski definition) is 0. The summed E-state index contributed by atoms with van der Waals surface area (Å²) < 4.78 is 5.24. The van der Waals surface area contributed by atoms with E-state index in [0.29, 0.717) is 11.1 Å². The lowest BCUT2D eigenvalue weighted by atomic mass is 9.91. The van der Waals surface area contributed by atoms with Crippen molar-refractivity contribution in [2.24, 2.45) is 0 Å². The maximum atomic E-state index is 12.8. The summed E-state index contributed by atoms with van der Waals surface area (Å²) in [7, 11) is 1.62. The minimum atomic E-state index is -0.503. The van der Waals surface area contributed by atoms with Crippen molar-refractivity contribution in [1.29, 1.82) is 0 Å². The molecule has 0 spiro atoms. The van der Waals surface area contributed by atoms with Gasteiger partial charge in [0.15, 0.2) is 0 Å². The van der Waals surface area contributed by atoms with E-state index in [1.54, 1.807) is 43.5 Å². The lowest BCUT2D eigenvalue weighted by Gasteiger charge is -2.12. The summed E-state index contributed by atoms with van der Waals surface area (Å²) in [4.78, 5) is 25.3. The molecule has 0 fully saturated rings. The highest BCUT2D eigenvalue weighted by atomic mass is 16.5. The number of methoxy groups -OCH3 is 1. The molecular formula is C22H18O3. The number of ether oxygens (including phenoxy) is 1. The van der Waals surface area contributed by atoms with Crippen LogP contribution in [0.4, 0.5) is 0 Å². The van der Waals surface area contributed by atoms with Crippen LogP contribution >= 0.6 is 0 Å². The fraction of sp³-hybridized carbons (Fsp3) is 0.0909. The predicted molar refractivity (Wildman–Crippen MR) is 98.3 cm³/mol. The van der Waals surface area contributed by atoms with E-state index in [-0.39, 0.29) is 0 Å². The topological polar surface area (TPSA) is 43.4 Å². The number of ketones is 2. The molecule has 3 rings (SSSR count). The minimum absolute atomic E-state index is 0.397. The van der Waals surface area contributed by atoms with Crippen LogP contribution in [0.15, 0.2) is 72.8 Å². The Morgan fingerprint density at radius 1 is 0.760 bits per heavy atom. The first-order chi connectivity index (χ1) is 12.1. The molecule has 0 bridgehead atoms. The van der Waals surface area contributed by atoms with Gasteiger partial charge in [-0.25, -0.2) is 0 Å². The van der Waals surface area contributed by atoms with Gasteiger partial charge in [0.1, 0.15) is 5.75 Å². The molecule has 3 aromatic carbocycles. The number of rotatable bonds is 5. The summed E-state index contributed by atoms with van der Waals surface area (Å²) in [5.74, 6) is -0.248. The summed E-state index contributed by atoms with van der Waals surface area (Å²) >= 11 is 0. The van der Waals surface area contributed by atoms with Gasteiger partial charge in [-0.3, -0.25) is 9.59 Å². The van der Waals surface area contributed by atoms with Crippen LogP contribution in [0.3, 0.4) is 0 Å². The fourth-order valence-electron chi connectivity index (χ4n) is 2.82. The molecule has 3 heteroatoms. The quantitative estimate of drug-likeness (QED) is 0.501. The molecule has 0 aliphatic heterocycles. The third kappa shape index (κ3) is 3.36. The molecule has 0 aliphatic rings. The highest BCUT2D eigenvalue weighted by Crippen LogP contribution is 2.30. The summed E-state index contributed by atoms with van der Waals surface area (Å²) in [6.07, 6.45) is 0. The van der Waals surface area contributed by atoms with E-state index in [4.69, 9.17) is 4.74 Å².